The number of benzene rings is 1. The van der Waals surface area contributed by atoms with Crippen molar-refractivity contribution in [3.8, 4) is 5.75 Å². The lowest BCUT2D eigenvalue weighted by Crippen LogP contribution is -2.20. The van der Waals surface area contributed by atoms with Crippen molar-refractivity contribution in [2.24, 2.45) is 0 Å². The Balaban J connectivity index is 3.19. The normalized spacial score (nSPS) is 12.6. The fourth-order valence-corrected chi connectivity index (χ4v) is 1.95. The van der Waals surface area contributed by atoms with Gasteiger partial charge < -0.3 is 17.1 Å². The monoisotopic (exact) mass is 303 g/mol. The summed E-state index contributed by atoms with van der Waals surface area (Å²) in [6, 6.07) is 1.86. The van der Waals surface area contributed by atoms with Gasteiger partial charge in [0, 0.05) is 4.90 Å². The molecule has 0 N–H and O–H groups in total. The molecule has 1 rings (SSSR count). The van der Waals surface area contributed by atoms with Gasteiger partial charge in [0.25, 0.3) is 0 Å². The number of thiol groups is 1. The predicted octanol–water partition coefficient (Wildman–Crippen LogP) is 2.81. The third-order valence-corrected chi connectivity index (χ3v) is 2.96. The first-order valence-corrected chi connectivity index (χ1v) is 6.41. The van der Waals surface area contributed by atoms with Gasteiger partial charge in [-0.25, -0.2) is 0 Å². The minimum Gasteiger partial charge on any atom is -0.449 e. The van der Waals surface area contributed by atoms with E-state index in [0.717, 1.165) is 12.1 Å². The lowest BCUT2D eigenvalue weighted by atomic mass is 9.80. The van der Waals surface area contributed by atoms with E-state index in [1.165, 1.54) is 6.92 Å². The van der Waals surface area contributed by atoms with Crippen molar-refractivity contribution >= 4 is 30.1 Å². The first kappa shape index (κ1) is 15.2. The summed E-state index contributed by atoms with van der Waals surface area (Å²) in [4.78, 5) is 0.0891. The summed E-state index contributed by atoms with van der Waals surface area (Å²) in [5.74, 6) is -0.539. The first-order chi connectivity index (χ1) is 7.98. The molecule has 0 aliphatic rings. The minimum absolute atomic E-state index is 0.0891. The van der Waals surface area contributed by atoms with Crippen LogP contribution in [0.4, 0.5) is 16.8 Å². The molecular weight excluding hydrogens is 295 g/mol. The molecule has 0 saturated carbocycles. The largest absolute Gasteiger partial charge is 0.488 e. The maximum Gasteiger partial charge on any atom is 0.488 e. The molecule has 1 aromatic carbocycles. The third kappa shape index (κ3) is 4.77. The van der Waals surface area contributed by atoms with Gasteiger partial charge in [-0.1, -0.05) is 15.8 Å². The summed E-state index contributed by atoms with van der Waals surface area (Å²) in [7, 11) is -5.28. The van der Waals surface area contributed by atoms with E-state index in [1.807, 2.05) is 0 Å². The molecule has 0 spiro atoms. The highest BCUT2D eigenvalue weighted by molar-refractivity contribution is 7.81. The van der Waals surface area contributed by atoms with Gasteiger partial charge in [-0.15, -0.1) is 12.6 Å². The molecule has 1 aromatic rings. The summed E-state index contributed by atoms with van der Waals surface area (Å²) in [6.07, 6.45) is -1.22. The van der Waals surface area contributed by atoms with Crippen LogP contribution in [0.3, 0.4) is 0 Å². The summed E-state index contributed by atoms with van der Waals surface area (Å²) >= 11 is 3.88. The van der Waals surface area contributed by atoms with Gasteiger partial charge >= 0.3 is 17.5 Å². The van der Waals surface area contributed by atoms with Crippen LogP contribution in [-0.2, 0) is 16.8 Å². The van der Waals surface area contributed by atoms with Crippen LogP contribution in [0.15, 0.2) is 17.0 Å². The van der Waals surface area contributed by atoms with Crippen LogP contribution in [0.5, 0.6) is 5.75 Å². The SMILES string of the molecule is Cc1c(S)cc(OS(=O)(=O)F)cc1C[B-](F)(F)F. The van der Waals surface area contributed by atoms with Crippen molar-refractivity contribution in [3.63, 3.8) is 0 Å². The van der Waals surface area contributed by atoms with Gasteiger partial charge in [-0.2, -0.15) is 8.42 Å². The third-order valence-electron chi connectivity index (χ3n) is 2.11. The summed E-state index contributed by atoms with van der Waals surface area (Å²) < 4.78 is 73.7. The second-order valence-corrected chi connectivity index (χ2v) is 5.05. The average Bonchev–Trinajstić information content (AvgIpc) is 2.08. The fourth-order valence-electron chi connectivity index (χ4n) is 1.35. The van der Waals surface area contributed by atoms with Crippen LogP contribution in [-0.4, -0.2) is 15.4 Å². The Morgan fingerprint density at radius 3 is 2.33 bits per heavy atom. The molecule has 0 atom stereocenters. The zero-order chi connectivity index (χ0) is 14.1. The van der Waals surface area contributed by atoms with Crippen LogP contribution in [0.1, 0.15) is 11.1 Å². The molecule has 0 aliphatic heterocycles. The first-order valence-electron chi connectivity index (χ1n) is 4.65. The van der Waals surface area contributed by atoms with Gasteiger partial charge in [0.05, 0.1) is 0 Å². The van der Waals surface area contributed by atoms with Gasteiger partial charge in [0.1, 0.15) is 5.75 Å². The number of hydrogen-bond donors (Lipinski definition) is 1. The van der Waals surface area contributed by atoms with Gasteiger partial charge in [-0.05, 0) is 24.6 Å². The lowest BCUT2D eigenvalue weighted by molar-refractivity contribution is 0.439. The highest BCUT2D eigenvalue weighted by Gasteiger charge is 2.25. The molecule has 18 heavy (non-hydrogen) atoms. The topological polar surface area (TPSA) is 43.4 Å². The van der Waals surface area contributed by atoms with Gasteiger partial charge in [0.15, 0.2) is 0 Å². The minimum atomic E-state index is -5.28. The zero-order valence-corrected chi connectivity index (χ0v) is 10.7. The van der Waals surface area contributed by atoms with Gasteiger partial charge in [0.2, 0.25) is 0 Å². The molecule has 102 valence electrons. The number of hydrogen-bond acceptors (Lipinski definition) is 4. The second kappa shape index (κ2) is 5.00. The van der Waals surface area contributed by atoms with Crippen molar-refractivity contribution in [2.75, 3.05) is 0 Å². The molecule has 0 radical (unpaired) electrons. The molecule has 10 heteroatoms. The van der Waals surface area contributed by atoms with Crippen LogP contribution in [0.2, 0.25) is 0 Å². The maximum absolute atomic E-state index is 12.3. The molecule has 0 unspecified atom stereocenters. The van der Waals surface area contributed by atoms with Crippen molar-refractivity contribution < 1.29 is 29.4 Å². The van der Waals surface area contributed by atoms with E-state index in [0.29, 0.717) is 0 Å². The molecule has 0 fully saturated rings. The van der Waals surface area contributed by atoms with Crippen molar-refractivity contribution in [2.45, 2.75) is 18.1 Å². The van der Waals surface area contributed by atoms with Crippen LogP contribution >= 0.6 is 12.6 Å². The summed E-state index contributed by atoms with van der Waals surface area (Å²) in [6.45, 7) is -3.70. The molecule has 0 amide bonds. The lowest BCUT2D eigenvalue weighted by Gasteiger charge is -2.17. The fraction of sp³-hybridized carbons (Fsp3) is 0.250. The van der Waals surface area contributed by atoms with E-state index in [-0.39, 0.29) is 16.0 Å². The Morgan fingerprint density at radius 1 is 1.33 bits per heavy atom. The average molecular weight is 303 g/mol. The van der Waals surface area contributed by atoms with E-state index < -0.39 is 29.6 Å². The van der Waals surface area contributed by atoms with E-state index in [9.17, 15) is 25.3 Å². The molecule has 0 heterocycles. The number of halogens is 4. The Bertz CT molecular complexity index is 556. The molecule has 0 saturated heterocycles. The molecule has 0 aromatic heterocycles. The van der Waals surface area contributed by atoms with Crippen molar-refractivity contribution in [3.05, 3.63) is 23.3 Å². The van der Waals surface area contributed by atoms with E-state index in [4.69, 9.17) is 0 Å². The predicted molar refractivity (Wildman–Crippen MR) is 61.9 cm³/mol. The summed E-state index contributed by atoms with van der Waals surface area (Å²) in [5.41, 5.74) is 0.0368. The number of rotatable bonds is 4. The molecule has 0 aliphatic carbocycles. The van der Waals surface area contributed by atoms with Gasteiger partial charge in [-0.3, -0.25) is 0 Å². The highest BCUT2D eigenvalue weighted by atomic mass is 32.3. The highest BCUT2D eigenvalue weighted by Crippen LogP contribution is 2.29. The van der Waals surface area contributed by atoms with Crippen LogP contribution < -0.4 is 4.18 Å². The zero-order valence-electron chi connectivity index (χ0n) is 9.03. The Hall–Kier alpha value is -0.895. The quantitative estimate of drug-likeness (QED) is 0.402. The molecule has 0 bridgehead atoms. The second-order valence-electron chi connectivity index (χ2n) is 3.62. The van der Waals surface area contributed by atoms with Crippen LogP contribution in [0.25, 0.3) is 0 Å². The van der Waals surface area contributed by atoms with E-state index in [1.54, 1.807) is 0 Å². The Labute approximate surface area is 107 Å². The maximum atomic E-state index is 12.3. The Kier molecular flexibility index (Phi) is 4.21. The molecule has 3 nitrogen and oxygen atoms in total. The van der Waals surface area contributed by atoms with Crippen molar-refractivity contribution in [1.29, 1.82) is 0 Å². The van der Waals surface area contributed by atoms with E-state index >= 15 is 0 Å². The van der Waals surface area contributed by atoms with Crippen LogP contribution in [0, 0.1) is 6.92 Å². The Morgan fingerprint density at radius 2 is 1.89 bits per heavy atom. The molecular formula is C8H8BF4O3S2-. The van der Waals surface area contributed by atoms with Crippen molar-refractivity contribution in [1.82, 2.24) is 0 Å². The standard InChI is InChI=1S/C8H8BF4O3S2/c1-5-6(4-9(10,11)12)2-7(3-8(5)17)16-18(13,14)15/h2-3,17H,4H2,1H3/q-1. The smallest absolute Gasteiger partial charge is 0.449 e. The summed E-state index contributed by atoms with van der Waals surface area (Å²) in [5, 5.41) is 0. The van der Waals surface area contributed by atoms with E-state index in [2.05, 4.69) is 16.8 Å².